The van der Waals surface area contributed by atoms with Gasteiger partial charge in [0.2, 0.25) is 0 Å². The molecule has 22 heavy (non-hydrogen) atoms. The zero-order valence-electron chi connectivity index (χ0n) is 13.6. The topological polar surface area (TPSA) is 57.9 Å². The average Bonchev–Trinajstić information content (AvgIpc) is 2.51. The fourth-order valence-corrected chi connectivity index (χ4v) is 5.54. The third kappa shape index (κ3) is 2.16. The molecule has 0 aliphatic heterocycles. The van der Waals surface area contributed by atoms with Crippen molar-refractivity contribution in [1.82, 2.24) is 0 Å². The van der Waals surface area contributed by atoms with Crippen LogP contribution in [-0.2, 0) is 9.59 Å². The van der Waals surface area contributed by atoms with Gasteiger partial charge in [-0.05, 0) is 61.3 Å². The molecular weight excluding hydrogens is 274 g/mol. The molecule has 118 valence electrons. The summed E-state index contributed by atoms with van der Waals surface area (Å²) in [5, 5.41) is 9.25. The zero-order valence-corrected chi connectivity index (χ0v) is 13.6. The van der Waals surface area contributed by atoms with Gasteiger partial charge < -0.3 is 4.79 Å². The lowest BCUT2D eigenvalue weighted by molar-refractivity contribution is -0.127. The van der Waals surface area contributed by atoms with Crippen molar-refractivity contribution < 1.29 is 9.59 Å². The Labute approximate surface area is 132 Å². The van der Waals surface area contributed by atoms with E-state index in [-0.39, 0.29) is 22.5 Å². The van der Waals surface area contributed by atoms with Crippen LogP contribution in [-0.4, -0.2) is 12.1 Å². The number of allylic oxidation sites excluding steroid dienone is 2. The Morgan fingerprint density at radius 2 is 2.09 bits per heavy atom. The first-order chi connectivity index (χ1) is 10.4. The molecule has 1 unspecified atom stereocenters. The molecule has 0 bridgehead atoms. The lowest BCUT2D eigenvalue weighted by Gasteiger charge is -2.57. The Morgan fingerprint density at radius 1 is 1.32 bits per heavy atom. The van der Waals surface area contributed by atoms with Crippen molar-refractivity contribution in [3.8, 4) is 6.07 Å². The minimum Gasteiger partial charge on any atom is -0.303 e. The second-order valence-corrected chi connectivity index (χ2v) is 7.99. The minimum absolute atomic E-state index is 0.106. The van der Waals surface area contributed by atoms with Gasteiger partial charge in [-0.3, -0.25) is 4.79 Å². The first-order valence-corrected chi connectivity index (χ1v) is 8.52. The standard InChI is InChI=1S/C19H25NO2/c1-18(12-21)8-6-17-15(16(18)7-10-20)4-3-13-11-14(22)5-9-19(13,17)2/h11-12,15-17H,3-9H2,1-2H3/t15-,16?,17-,18+,19-/m0/s1. The molecule has 0 N–H and O–H groups in total. The summed E-state index contributed by atoms with van der Waals surface area (Å²) in [5.41, 5.74) is 1.09. The molecule has 3 aliphatic carbocycles. The summed E-state index contributed by atoms with van der Waals surface area (Å²) in [7, 11) is 0. The molecule has 2 saturated carbocycles. The highest BCUT2D eigenvalue weighted by molar-refractivity contribution is 5.91. The molecule has 3 nitrogen and oxygen atoms in total. The van der Waals surface area contributed by atoms with Crippen LogP contribution in [0.4, 0.5) is 0 Å². The van der Waals surface area contributed by atoms with Crippen LogP contribution in [0.3, 0.4) is 0 Å². The molecular formula is C19H25NO2. The van der Waals surface area contributed by atoms with Crippen LogP contribution in [0.2, 0.25) is 0 Å². The summed E-state index contributed by atoms with van der Waals surface area (Å²) in [6, 6.07) is 2.32. The number of hydrogen-bond acceptors (Lipinski definition) is 3. The van der Waals surface area contributed by atoms with Crippen LogP contribution in [0, 0.1) is 39.9 Å². The highest BCUT2D eigenvalue weighted by Crippen LogP contribution is 2.61. The normalized spacial score (nSPS) is 44.3. The molecule has 0 saturated heterocycles. The maximum atomic E-state index is 11.8. The van der Waals surface area contributed by atoms with Crippen molar-refractivity contribution in [1.29, 1.82) is 5.26 Å². The van der Waals surface area contributed by atoms with Gasteiger partial charge in [-0.15, -0.1) is 0 Å². The van der Waals surface area contributed by atoms with E-state index in [2.05, 4.69) is 13.0 Å². The van der Waals surface area contributed by atoms with Gasteiger partial charge in [0.05, 0.1) is 6.07 Å². The Balaban J connectivity index is 1.97. The van der Waals surface area contributed by atoms with Crippen LogP contribution < -0.4 is 0 Å². The van der Waals surface area contributed by atoms with Gasteiger partial charge in [-0.1, -0.05) is 19.4 Å². The molecule has 3 rings (SSSR count). The smallest absolute Gasteiger partial charge is 0.155 e. The molecule has 0 radical (unpaired) electrons. The zero-order chi connectivity index (χ0) is 16.0. The summed E-state index contributed by atoms with van der Waals surface area (Å²) >= 11 is 0. The van der Waals surface area contributed by atoms with E-state index in [1.807, 2.05) is 13.0 Å². The van der Waals surface area contributed by atoms with Gasteiger partial charge >= 0.3 is 0 Å². The van der Waals surface area contributed by atoms with E-state index in [1.54, 1.807) is 0 Å². The maximum absolute atomic E-state index is 11.8. The molecule has 3 heteroatoms. The third-order valence-electron chi connectivity index (χ3n) is 6.98. The monoisotopic (exact) mass is 299 g/mol. The summed E-state index contributed by atoms with van der Waals surface area (Å²) in [5.74, 6) is 1.41. The van der Waals surface area contributed by atoms with Gasteiger partial charge in [0, 0.05) is 18.3 Å². The minimum atomic E-state index is -0.348. The van der Waals surface area contributed by atoms with Crippen molar-refractivity contribution in [3.05, 3.63) is 11.6 Å². The predicted molar refractivity (Wildman–Crippen MR) is 83.8 cm³/mol. The van der Waals surface area contributed by atoms with Crippen molar-refractivity contribution in [2.75, 3.05) is 0 Å². The second kappa shape index (κ2) is 5.33. The van der Waals surface area contributed by atoms with E-state index in [4.69, 9.17) is 0 Å². The van der Waals surface area contributed by atoms with Gasteiger partial charge in [-0.2, -0.15) is 5.26 Å². The van der Waals surface area contributed by atoms with E-state index in [9.17, 15) is 14.9 Å². The van der Waals surface area contributed by atoms with E-state index < -0.39 is 0 Å². The van der Waals surface area contributed by atoms with E-state index in [0.717, 1.165) is 38.4 Å². The molecule has 3 aliphatic rings. The summed E-state index contributed by atoms with van der Waals surface area (Å²) < 4.78 is 0. The van der Waals surface area contributed by atoms with Crippen LogP contribution in [0.15, 0.2) is 11.6 Å². The first-order valence-electron chi connectivity index (χ1n) is 8.52. The lowest BCUT2D eigenvalue weighted by Crippen LogP contribution is -2.51. The Hall–Kier alpha value is -1.43. The number of aldehydes is 1. The SMILES string of the molecule is C[C@]1(C=O)CC[C@H]2[C@@H](CCC3=CC(=O)CC[C@@]32C)C1CC#N. The van der Waals surface area contributed by atoms with Gasteiger partial charge in [0.15, 0.2) is 5.78 Å². The predicted octanol–water partition coefficient (Wildman–Crippen LogP) is 3.84. The van der Waals surface area contributed by atoms with E-state index in [0.29, 0.717) is 24.7 Å². The molecule has 0 spiro atoms. The maximum Gasteiger partial charge on any atom is 0.155 e. The molecule has 0 heterocycles. The Bertz CT molecular complexity index is 572. The molecule has 0 amide bonds. The number of nitriles is 1. The number of ketones is 1. The van der Waals surface area contributed by atoms with Gasteiger partial charge in [0.25, 0.3) is 0 Å². The van der Waals surface area contributed by atoms with E-state index in [1.165, 1.54) is 5.57 Å². The highest BCUT2D eigenvalue weighted by Gasteiger charge is 2.54. The Kier molecular flexibility index (Phi) is 3.75. The number of fused-ring (bicyclic) bond motifs is 3. The van der Waals surface area contributed by atoms with Crippen molar-refractivity contribution in [2.45, 2.75) is 58.8 Å². The van der Waals surface area contributed by atoms with Gasteiger partial charge in [0.1, 0.15) is 6.29 Å². The molecule has 0 aromatic carbocycles. The Morgan fingerprint density at radius 3 is 2.77 bits per heavy atom. The average molecular weight is 299 g/mol. The number of rotatable bonds is 2. The fourth-order valence-electron chi connectivity index (χ4n) is 5.54. The van der Waals surface area contributed by atoms with Crippen LogP contribution in [0.1, 0.15) is 58.8 Å². The first kappa shape index (κ1) is 15.5. The molecule has 2 fully saturated rings. The third-order valence-corrected chi connectivity index (χ3v) is 6.98. The number of carbonyl (C=O) groups excluding carboxylic acids is 2. The van der Waals surface area contributed by atoms with E-state index >= 15 is 0 Å². The molecule has 0 aromatic rings. The largest absolute Gasteiger partial charge is 0.303 e. The van der Waals surface area contributed by atoms with Crippen LogP contribution >= 0.6 is 0 Å². The fraction of sp³-hybridized carbons (Fsp3) is 0.737. The number of carbonyl (C=O) groups is 2. The van der Waals surface area contributed by atoms with Crippen LogP contribution in [0.5, 0.6) is 0 Å². The van der Waals surface area contributed by atoms with Crippen molar-refractivity contribution >= 4 is 12.1 Å². The van der Waals surface area contributed by atoms with Crippen LogP contribution in [0.25, 0.3) is 0 Å². The van der Waals surface area contributed by atoms with Gasteiger partial charge in [-0.25, -0.2) is 0 Å². The summed E-state index contributed by atoms with van der Waals surface area (Å²) in [4.78, 5) is 23.5. The second-order valence-electron chi connectivity index (χ2n) is 7.99. The van der Waals surface area contributed by atoms with Crippen molar-refractivity contribution in [3.63, 3.8) is 0 Å². The number of hydrogen-bond donors (Lipinski definition) is 0. The molecule has 0 aromatic heterocycles. The van der Waals surface area contributed by atoms with Crippen molar-refractivity contribution in [2.24, 2.45) is 28.6 Å². The highest BCUT2D eigenvalue weighted by atomic mass is 16.1. The quantitative estimate of drug-likeness (QED) is 0.728. The summed E-state index contributed by atoms with van der Waals surface area (Å²) in [6.45, 7) is 4.35. The summed E-state index contributed by atoms with van der Waals surface area (Å²) in [6.07, 6.45) is 8.97. The molecule has 5 atom stereocenters. The number of nitrogens with zero attached hydrogens (tertiary/aromatic N) is 1. The lowest BCUT2D eigenvalue weighted by atomic mass is 9.47.